The fourth-order valence-electron chi connectivity index (χ4n) is 5.27. The van der Waals surface area contributed by atoms with Crippen LogP contribution < -0.4 is 5.32 Å². The molecule has 1 aliphatic heterocycles. The summed E-state index contributed by atoms with van der Waals surface area (Å²) in [5.41, 5.74) is 10.0. The molecule has 1 unspecified atom stereocenters. The van der Waals surface area contributed by atoms with E-state index < -0.39 is 0 Å². The monoisotopic (exact) mass is 514 g/mol. The average Bonchev–Trinajstić information content (AvgIpc) is 2.79. The lowest BCUT2D eigenvalue weighted by Gasteiger charge is -2.43. The predicted molar refractivity (Wildman–Crippen MR) is 166 cm³/mol. The van der Waals surface area contributed by atoms with E-state index in [1.165, 1.54) is 22.3 Å². The summed E-state index contributed by atoms with van der Waals surface area (Å²) in [5, 5.41) is 20.8. The van der Waals surface area contributed by atoms with Crippen molar-refractivity contribution >= 4 is 11.4 Å². The van der Waals surface area contributed by atoms with Crippen molar-refractivity contribution in [2.75, 3.05) is 6.54 Å². The lowest BCUT2D eigenvalue weighted by atomic mass is 9.71. The van der Waals surface area contributed by atoms with Crippen molar-refractivity contribution < 1.29 is 0 Å². The second-order valence-electron chi connectivity index (χ2n) is 12.4. The molecule has 38 heavy (non-hydrogen) atoms. The number of aromatic nitrogens is 1. The molecule has 0 aliphatic carbocycles. The van der Waals surface area contributed by atoms with E-state index >= 15 is 0 Å². The van der Waals surface area contributed by atoms with E-state index in [2.05, 4.69) is 83.5 Å². The maximum absolute atomic E-state index is 8.57. The number of hydrogen-bond acceptors (Lipinski definition) is 4. The smallest absolute Gasteiger partial charge is 0.0908 e. The Morgan fingerprint density at radius 2 is 1.58 bits per heavy atom. The van der Waals surface area contributed by atoms with Gasteiger partial charge in [-0.05, 0) is 139 Å². The zero-order valence-electron chi connectivity index (χ0n) is 25.5. The van der Waals surface area contributed by atoms with Gasteiger partial charge >= 0.3 is 0 Å². The van der Waals surface area contributed by atoms with Crippen LogP contribution in [0.5, 0.6) is 0 Å². The van der Waals surface area contributed by atoms with Crippen molar-refractivity contribution in [3.8, 4) is 11.1 Å². The molecule has 3 rings (SSSR count). The minimum Gasteiger partial charge on any atom is -0.311 e. The standard InChI is InChI=1S/C30H42N4.C4H8/c1-18(2)27-17-34-30(7,8)15-24(27)14-26(31)9-10-28(32)29-21(5)13-25(16-33-29)23-11-19(3)22(6)20(4)12-23;1-4(2)3/h9-13,16,18,24,27,31-32,34H,14-15,17H2,1-8H3;1H2,2-3H3/b10-9-,31-26?,32-28?;/t24?,27-;/m1./s1. The third-order valence-corrected chi connectivity index (χ3v) is 7.58. The summed E-state index contributed by atoms with van der Waals surface area (Å²) >= 11 is 0. The number of aryl methyl sites for hydroxylation is 3. The Bertz CT molecular complexity index is 1170. The number of hydrogen-bond donors (Lipinski definition) is 3. The molecule has 0 spiro atoms. The number of nitrogens with zero attached hydrogens (tertiary/aromatic N) is 1. The number of benzene rings is 1. The van der Waals surface area contributed by atoms with Gasteiger partial charge in [-0.3, -0.25) is 10.4 Å². The van der Waals surface area contributed by atoms with E-state index in [9.17, 15) is 0 Å². The van der Waals surface area contributed by atoms with Crippen LogP contribution in [0.25, 0.3) is 11.1 Å². The molecule has 0 radical (unpaired) electrons. The Morgan fingerprint density at radius 1 is 1.03 bits per heavy atom. The lowest BCUT2D eigenvalue weighted by Crippen LogP contribution is -2.52. The SMILES string of the molecule is C=C(C)C.Cc1cc(-c2cc(C)c(C)c(C)c2)cnc1C(=N)/C=C\C(=N)CC1CC(C)(C)NC[C@@H]1C(C)C. The second-order valence-corrected chi connectivity index (χ2v) is 12.4. The van der Waals surface area contributed by atoms with Crippen molar-refractivity contribution in [1.29, 1.82) is 10.8 Å². The summed E-state index contributed by atoms with van der Waals surface area (Å²) in [4.78, 5) is 4.63. The zero-order chi connectivity index (χ0) is 28.8. The molecule has 2 heterocycles. The van der Waals surface area contributed by atoms with Crippen LogP contribution >= 0.6 is 0 Å². The van der Waals surface area contributed by atoms with Gasteiger partial charge in [-0.25, -0.2) is 0 Å². The Hall–Kier alpha value is -2.85. The molecular formula is C34H50N4. The summed E-state index contributed by atoms with van der Waals surface area (Å²) in [6, 6.07) is 6.53. The quantitative estimate of drug-likeness (QED) is 0.256. The van der Waals surface area contributed by atoms with E-state index in [4.69, 9.17) is 10.8 Å². The molecule has 1 fully saturated rings. The Balaban J connectivity index is 0.00000118. The summed E-state index contributed by atoms with van der Waals surface area (Å²) in [6.45, 7) is 26.0. The zero-order valence-corrected chi connectivity index (χ0v) is 25.5. The molecular weight excluding hydrogens is 464 g/mol. The molecule has 1 saturated heterocycles. The van der Waals surface area contributed by atoms with E-state index in [0.29, 0.717) is 34.9 Å². The minimum atomic E-state index is 0.115. The third kappa shape index (κ3) is 8.87. The molecule has 0 bridgehead atoms. The molecule has 1 aliphatic rings. The predicted octanol–water partition coefficient (Wildman–Crippen LogP) is 8.56. The van der Waals surface area contributed by atoms with E-state index in [1.807, 2.05) is 27.0 Å². The van der Waals surface area contributed by atoms with Crippen LogP contribution in [0.4, 0.5) is 0 Å². The van der Waals surface area contributed by atoms with Gasteiger partial charge in [0.05, 0.1) is 11.4 Å². The van der Waals surface area contributed by atoms with Crippen molar-refractivity contribution in [2.24, 2.45) is 17.8 Å². The van der Waals surface area contributed by atoms with E-state index in [-0.39, 0.29) is 5.54 Å². The summed E-state index contributed by atoms with van der Waals surface area (Å²) in [6.07, 6.45) is 7.24. The topological polar surface area (TPSA) is 72.6 Å². The number of piperidine rings is 1. The number of pyridine rings is 1. The van der Waals surface area contributed by atoms with Gasteiger partial charge in [-0.1, -0.05) is 31.6 Å². The van der Waals surface area contributed by atoms with Crippen LogP contribution in [0.15, 0.2) is 48.7 Å². The highest BCUT2D eigenvalue weighted by molar-refractivity contribution is 6.09. The van der Waals surface area contributed by atoms with Crippen molar-refractivity contribution in [2.45, 2.75) is 87.6 Å². The first-order chi connectivity index (χ1) is 17.6. The van der Waals surface area contributed by atoms with Crippen molar-refractivity contribution in [3.63, 3.8) is 0 Å². The number of allylic oxidation sites excluding steroid dienone is 3. The van der Waals surface area contributed by atoms with Crippen molar-refractivity contribution in [3.05, 3.63) is 76.6 Å². The molecule has 206 valence electrons. The summed E-state index contributed by atoms with van der Waals surface area (Å²) in [7, 11) is 0. The minimum absolute atomic E-state index is 0.115. The molecule has 1 aromatic carbocycles. The maximum Gasteiger partial charge on any atom is 0.0908 e. The second kappa shape index (κ2) is 13.3. The first-order valence-electron chi connectivity index (χ1n) is 13.9. The van der Waals surface area contributed by atoms with Crippen LogP contribution in [-0.2, 0) is 0 Å². The summed E-state index contributed by atoms with van der Waals surface area (Å²) in [5.74, 6) is 1.66. The molecule has 0 amide bonds. The van der Waals surface area contributed by atoms with Crippen LogP contribution in [0.2, 0.25) is 0 Å². The lowest BCUT2D eigenvalue weighted by molar-refractivity contribution is 0.129. The third-order valence-electron chi connectivity index (χ3n) is 7.58. The van der Waals surface area contributed by atoms with Gasteiger partial charge in [0.1, 0.15) is 0 Å². The van der Waals surface area contributed by atoms with Gasteiger partial charge in [-0.15, -0.1) is 6.58 Å². The number of rotatable bonds is 7. The molecule has 2 atom stereocenters. The molecule has 4 nitrogen and oxygen atoms in total. The first-order valence-corrected chi connectivity index (χ1v) is 13.9. The van der Waals surface area contributed by atoms with E-state index in [0.717, 1.165) is 36.1 Å². The van der Waals surface area contributed by atoms with Gasteiger partial charge in [-0.2, -0.15) is 0 Å². The van der Waals surface area contributed by atoms with Crippen LogP contribution in [-0.4, -0.2) is 28.5 Å². The normalized spacial score (nSPS) is 18.7. The van der Waals surface area contributed by atoms with Crippen LogP contribution in [0, 0.1) is 56.3 Å². The Labute approximate surface area is 232 Å². The van der Waals surface area contributed by atoms with Crippen LogP contribution in [0.3, 0.4) is 0 Å². The summed E-state index contributed by atoms with van der Waals surface area (Å²) < 4.78 is 0. The molecule has 1 aromatic heterocycles. The van der Waals surface area contributed by atoms with Gasteiger partial charge in [0.2, 0.25) is 0 Å². The fourth-order valence-corrected chi connectivity index (χ4v) is 5.27. The van der Waals surface area contributed by atoms with Gasteiger partial charge < -0.3 is 10.7 Å². The number of nitrogens with one attached hydrogen (secondary N) is 3. The van der Waals surface area contributed by atoms with Gasteiger partial charge in [0.25, 0.3) is 0 Å². The highest BCUT2D eigenvalue weighted by Crippen LogP contribution is 2.35. The molecule has 3 N–H and O–H groups in total. The Kier molecular flexibility index (Phi) is 11.0. The molecule has 0 saturated carbocycles. The highest BCUT2D eigenvalue weighted by Gasteiger charge is 2.35. The van der Waals surface area contributed by atoms with E-state index in [1.54, 1.807) is 12.2 Å². The van der Waals surface area contributed by atoms with Crippen molar-refractivity contribution in [1.82, 2.24) is 10.3 Å². The largest absolute Gasteiger partial charge is 0.311 e. The first kappa shape index (κ1) is 31.4. The fraction of sp³-hybridized carbons (Fsp3) is 0.500. The maximum atomic E-state index is 8.57. The average molecular weight is 515 g/mol. The van der Waals surface area contributed by atoms with Crippen LogP contribution in [0.1, 0.15) is 82.3 Å². The van der Waals surface area contributed by atoms with Gasteiger partial charge in [0, 0.05) is 23.0 Å². The van der Waals surface area contributed by atoms with Gasteiger partial charge in [0.15, 0.2) is 0 Å². The highest BCUT2D eigenvalue weighted by atomic mass is 15.0. The Morgan fingerprint density at radius 3 is 2.11 bits per heavy atom. The molecule has 2 aromatic rings. The molecule has 4 heteroatoms.